The number of halogens is 1. The predicted octanol–water partition coefficient (Wildman–Crippen LogP) is 2.79. The van der Waals surface area contributed by atoms with Gasteiger partial charge in [0, 0.05) is 12.6 Å². The lowest BCUT2D eigenvalue weighted by molar-refractivity contribution is -0.134. The van der Waals surface area contributed by atoms with Crippen LogP contribution >= 0.6 is 11.6 Å². The van der Waals surface area contributed by atoms with Crippen molar-refractivity contribution in [1.82, 2.24) is 4.90 Å². The number of hydrogen-bond donors (Lipinski definition) is 0. The molecule has 1 heterocycles. The van der Waals surface area contributed by atoms with Crippen LogP contribution in [0.25, 0.3) is 0 Å². The molecule has 2 atom stereocenters. The Kier molecular flexibility index (Phi) is 4.73. The van der Waals surface area contributed by atoms with Gasteiger partial charge in [0.25, 0.3) is 0 Å². The molecule has 0 aromatic rings. The number of carbonyl (C=O) groups excluding carboxylic acids is 1. The summed E-state index contributed by atoms with van der Waals surface area (Å²) in [5.74, 6) is 0.140. The molecule has 1 rings (SSSR count). The quantitative estimate of drug-likeness (QED) is 0.666. The number of nitrogens with zero attached hydrogens (tertiary/aromatic N) is 1. The molecule has 1 aliphatic heterocycles. The monoisotopic (exact) mass is 217 g/mol. The molecular weight excluding hydrogens is 198 g/mol. The van der Waals surface area contributed by atoms with Gasteiger partial charge in [-0.05, 0) is 32.1 Å². The average molecular weight is 218 g/mol. The number of likely N-dealkylation sites (tertiary alicyclic amines) is 1. The first-order valence-corrected chi connectivity index (χ1v) is 6.08. The Morgan fingerprint density at radius 2 is 2.21 bits per heavy atom. The summed E-state index contributed by atoms with van der Waals surface area (Å²) in [4.78, 5) is 13.9. The molecule has 3 heteroatoms. The molecule has 82 valence electrons. The van der Waals surface area contributed by atoms with Gasteiger partial charge in [-0.1, -0.05) is 13.8 Å². The largest absolute Gasteiger partial charge is 0.338 e. The Hall–Kier alpha value is -0.240. The number of rotatable bonds is 3. The maximum absolute atomic E-state index is 11.9. The van der Waals surface area contributed by atoms with E-state index in [1.54, 1.807) is 0 Å². The van der Waals surface area contributed by atoms with Gasteiger partial charge in [-0.2, -0.15) is 0 Å². The molecule has 0 bridgehead atoms. The third-order valence-corrected chi connectivity index (χ3v) is 3.50. The van der Waals surface area contributed by atoms with Crippen LogP contribution in [-0.4, -0.2) is 28.8 Å². The van der Waals surface area contributed by atoms with Gasteiger partial charge in [0.2, 0.25) is 5.91 Å². The summed E-state index contributed by atoms with van der Waals surface area (Å²) in [5.41, 5.74) is 0. The summed E-state index contributed by atoms with van der Waals surface area (Å²) < 4.78 is 0. The number of piperidine rings is 1. The normalized spacial score (nSPS) is 24.8. The predicted molar refractivity (Wildman–Crippen MR) is 59.6 cm³/mol. The van der Waals surface area contributed by atoms with E-state index in [1.807, 2.05) is 11.8 Å². The van der Waals surface area contributed by atoms with Crippen LogP contribution in [0.4, 0.5) is 0 Å². The van der Waals surface area contributed by atoms with Gasteiger partial charge in [0.05, 0.1) is 0 Å². The highest BCUT2D eigenvalue weighted by Crippen LogP contribution is 2.21. The van der Waals surface area contributed by atoms with Crippen LogP contribution in [0.3, 0.4) is 0 Å². The van der Waals surface area contributed by atoms with Crippen LogP contribution in [0.1, 0.15) is 46.0 Å². The molecule has 0 aromatic heterocycles. The fourth-order valence-corrected chi connectivity index (χ4v) is 2.20. The Balaban J connectivity index is 2.58. The summed E-state index contributed by atoms with van der Waals surface area (Å²) in [6.07, 6.45) is 5.32. The Bertz CT molecular complexity index is 196. The summed E-state index contributed by atoms with van der Waals surface area (Å²) in [5, 5.41) is -0.317. The summed E-state index contributed by atoms with van der Waals surface area (Å²) >= 11 is 5.98. The van der Waals surface area contributed by atoms with E-state index < -0.39 is 0 Å². The van der Waals surface area contributed by atoms with E-state index in [2.05, 4.69) is 6.92 Å². The highest BCUT2D eigenvalue weighted by Gasteiger charge is 2.28. The molecule has 0 unspecified atom stereocenters. The summed E-state index contributed by atoms with van der Waals surface area (Å²) in [7, 11) is 0. The van der Waals surface area contributed by atoms with E-state index in [-0.39, 0.29) is 11.3 Å². The van der Waals surface area contributed by atoms with Crippen molar-refractivity contribution < 1.29 is 4.79 Å². The third kappa shape index (κ3) is 2.63. The molecule has 0 radical (unpaired) electrons. The first-order chi connectivity index (χ1) is 6.70. The van der Waals surface area contributed by atoms with Crippen molar-refractivity contribution in [3.05, 3.63) is 0 Å². The fourth-order valence-electron chi connectivity index (χ4n) is 2.07. The Morgan fingerprint density at radius 3 is 2.79 bits per heavy atom. The minimum Gasteiger partial charge on any atom is -0.338 e. The second kappa shape index (κ2) is 5.59. The topological polar surface area (TPSA) is 20.3 Å². The van der Waals surface area contributed by atoms with E-state index in [1.165, 1.54) is 6.42 Å². The number of carbonyl (C=O) groups is 1. The van der Waals surface area contributed by atoms with Crippen LogP contribution in [0, 0.1) is 0 Å². The van der Waals surface area contributed by atoms with E-state index >= 15 is 0 Å². The number of hydrogen-bond acceptors (Lipinski definition) is 1. The first-order valence-electron chi connectivity index (χ1n) is 5.65. The molecule has 1 fully saturated rings. The maximum Gasteiger partial charge on any atom is 0.240 e. The zero-order valence-electron chi connectivity index (χ0n) is 9.13. The summed E-state index contributed by atoms with van der Waals surface area (Å²) in [6.45, 7) is 5.01. The molecule has 0 aliphatic carbocycles. The Labute approximate surface area is 91.6 Å². The van der Waals surface area contributed by atoms with E-state index in [0.29, 0.717) is 6.04 Å². The molecule has 0 saturated carbocycles. The molecule has 2 nitrogen and oxygen atoms in total. The highest BCUT2D eigenvalue weighted by atomic mass is 35.5. The van der Waals surface area contributed by atoms with Crippen molar-refractivity contribution in [2.45, 2.75) is 57.4 Å². The van der Waals surface area contributed by atoms with Gasteiger partial charge in [0.15, 0.2) is 0 Å². The van der Waals surface area contributed by atoms with Gasteiger partial charge in [-0.25, -0.2) is 0 Å². The van der Waals surface area contributed by atoms with Crippen LogP contribution in [0.2, 0.25) is 0 Å². The minimum atomic E-state index is -0.317. The lowest BCUT2D eigenvalue weighted by atomic mass is 9.99. The van der Waals surface area contributed by atoms with Gasteiger partial charge in [0.1, 0.15) is 5.38 Å². The molecule has 0 aromatic carbocycles. The lowest BCUT2D eigenvalue weighted by Gasteiger charge is -2.36. The van der Waals surface area contributed by atoms with Crippen molar-refractivity contribution in [2.24, 2.45) is 0 Å². The zero-order valence-corrected chi connectivity index (χ0v) is 9.89. The lowest BCUT2D eigenvalue weighted by Crippen LogP contribution is -2.46. The molecular formula is C11H20ClNO. The molecule has 1 amide bonds. The summed E-state index contributed by atoms with van der Waals surface area (Å²) in [6, 6.07) is 0.434. The maximum atomic E-state index is 11.9. The zero-order chi connectivity index (χ0) is 10.6. The van der Waals surface area contributed by atoms with Crippen LogP contribution in [0.15, 0.2) is 0 Å². The van der Waals surface area contributed by atoms with Crippen LogP contribution in [0.5, 0.6) is 0 Å². The smallest absolute Gasteiger partial charge is 0.240 e. The SMILES string of the molecule is CC[C@@H]1CCCCN1C(=O)[C@@H](Cl)CC. The Morgan fingerprint density at radius 1 is 1.50 bits per heavy atom. The second-order valence-electron chi connectivity index (χ2n) is 3.97. The standard InChI is InChI=1S/C11H20ClNO/c1-3-9-7-5-6-8-13(9)11(14)10(12)4-2/h9-10H,3-8H2,1-2H3/t9-,10+/m1/s1. The van der Waals surface area contributed by atoms with Gasteiger partial charge < -0.3 is 4.90 Å². The van der Waals surface area contributed by atoms with E-state index in [4.69, 9.17) is 11.6 Å². The van der Waals surface area contributed by atoms with Crippen molar-refractivity contribution >= 4 is 17.5 Å². The molecule has 1 saturated heterocycles. The van der Waals surface area contributed by atoms with Crippen molar-refractivity contribution in [1.29, 1.82) is 0 Å². The fraction of sp³-hybridized carbons (Fsp3) is 0.909. The van der Waals surface area contributed by atoms with E-state index in [9.17, 15) is 4.79 Å². The van der Waals surface area contributed by atoms with E-state index in [0.717, 1.165) is 32.2 Å². The highest BCUT2D eigenvalue weighted by molar-refractivity contribution is 6.30. The molecule has 14 heavy (non-hydrogen) atoms. The minimum absolute atomic E-state index is 0.140. The third-order valence-electron chi connectivity index (χ3n) is 3.01. The van der Waals surface area contributed by atoms with Gasteiger partial charge >= 0.3 is 0 Å². The first kappa shape index (κ1) is 11.8. The van der Waals surface area contributed by atoms with Gasteiger partial charge in [-0.3, -0.25) is 4.79 Å². The molecule has 1 aliphatic rings. The average Bonchev–Trinajstić information content (AvgIpc) is 2.26. The van der Waals surface area contributed by atoms with Crippen molar-refractivity contribution in [2.75, 3.05) is 6.54 Å². The van der Waals surface area contributed by atoms with Crippen molar-refractivity contribution in [3.8, 4) is 0 Å². The molecule has 0 N–H and O–H groups in total. The van der Waals surface area contributed by atoms with Crippen LogP contribution < -0.4 is 0 Å². The number of amides is 1. The van der Waals surface area contributed by atoms with Gasteiger partial charge in [-0.15, -0.1) is 11.6 Å². The van der Waals surface area contributed by atoms with Crippen LogP contribution in [-0.2, 0) is 4.79 Å². The molecule has 0 spiro atoms. The van der Waals surface area contributed by atoms with Crippen molar-refractivity contribution in [3.63, 3.8) is 0 Å². The number of alkyl halides is 1. The second-order valence-corrected chi connectivity index (χ2v) is 4.49.